The van der Waals surface area contributed by atoms with Crippen LogP contribution in [0, 0.1) is 11.8 Å². The molecule has 0 spiro atoms. The van der Waals surface area contributed by atoms with Crippen LogP contribution in [0.5, 0.6) is 0 Å². The molecule has 3 heteroatoms. The van der Waals surface area contributed by atoms with E-state index in [1.165, 1.54) is 18.4 Å². The highest BCUT2D eigenvalue weighted by atomic mass is 16.7. The first-order chi connectivity index (χ1) is 8.65. The number of ether oxygens (including phenoxy) is 2. The smallest absolute Gasteiger partial charge is 0.169 e. The minimum Gasteiger partial charge on any atom is -0.352 e. The van der Waals surface area contributed by atoms with Crippen LogP contribution < -0.4 is 5.32 Å². The van der Waals surface area contributed by atoms with Crippen molar-refractivity contribution in [2.24, 2.45) is 11.8 Å². The maximum atomic E-state index is 5.52. The Labute approximate surface area is 112 Å². The van der Waals surface area contributed by atoms with Gasteiger partial charge >= 0.3 is 0 Å². The summed E-state index contributed by atoms with van der Waals surface area (Å²) < 4.78 is 11.0. The Bertz CT molecular complexity index is 247. The van der Waals surface area contributed by atoms with Gasteiger partial charge in [0.1, 0.15) is 0 Å². The van der Waals surface area contributed by atoms with Gasteiger partial charge in [0.15, 0.2) is 6.29 Å². The lowest BCUT2D eigenvalue weighted by atomic mass is 9.84. The van der Waals surface area contributed by atoms with Crippen LogP contribution in [0.15, 0.2) is 11.6 Å². The third-order valence-corrected chi connectivity index (χ3v) is 3.33. The molecule has 0 aromatic rings. The van der Waals surface area contributed by atoms with Gasteiger partial charge in [0, 0.05) is 19.8 Å². The second-order valence-electron chi connectivity index (χ2n) is 5.29. The lowest BCUT2D eigenvalue weighted by Crippen LogP contribution is -2.35. The normalized spacial score (nSPS) is 24.4. The lowest BCUT2D eigenvalue weighted by molar-refractivity contribution is -0.133. The number of nitrogens with one attached hydrogen (secondary N) is 1. The molecule has 0 aromatic heterocycles. The fraction of sp³-hybridized carbons (Fsp3) is 0.867. The molecule has 1 N–H and O–H groups in total. The Balaban J connectivity index is 2.22. The predicted molar refractivity (Wildman–Crippen MR) is 75.6 cm³/mol. The zero-order valence-electron chi connectivity index (χ0n) is 12.4. The van der Waals surface area contributed by atoms with E-state index in [-0.39, 0.29) is 6.29 Å². The molecule has 0 fully saturated rings. The average molecular weight is 255 g/mol. The third-order valence-electron chi connectivity index (χ3n) is 3.33. The van der Waals surface area contributed by atoms with E-state index in [1.807, 2.05) is 13.8 Å². The van der Waals surface area contributed by atoms with E-state index in [2.05, 4.69) is 25.2 Å². The molecular formula is C15H29NO2. The Hall–Kier alpha value is -0.380. The molecule has 0 heterocycles. The van der Waals surface area contributed by atoms with Crippen LogP contribution in [0.1, 0.15) is 40.5 Å². The summed E-state index contributed by atoms with van der Waals surface area (Å²) in [5, 5.41) is 3.49. The molecular weight excluding hydrogens is 226 g/mol. The van der Waals surface area contributed by atoms with Gasteiger partial charge in [-0.3, -0.25) is 0 Å². The number of hydrogen-bond donors (Lipinski definition) is 1. The van der Waals surface area contributed by atoms with Gasteiger partial charge in [-0.15, -0.1) is 0 Å². The Morgan fingerprint density at radius 3 is 2.56 bits per heavy atom. The van der Waals surface area contributed by atoms with Crippen molar-refractivity contribution in [3.63, 3.8) is 0 Å². The monoisotopic (exact) mass is 255 g/mol. The molecule has 0 radical (unpaired) electrons. The van der Waals surface area contributed by atoms with Crippen LogP contribution >= 0.6 is 0 Å². The van der Waals surface area contributed by atoms with Gasteiger partial charge in [0.25, 0.3) is 0 Å². The molecule has 3 nitrogen and oxygen atoms in total. The van der Waals surface area contributed by atoms with Gasteiger partial charge < -0.3 is 14.8 Å². The molecule has 0 amide bonds. The Morgan fingerprint density at radius 2 is 2.00 bits per heavy atom. The third kappa shape index (κ3) is 5.98. The fourth-order valence-electron chi connectivity index (χ4n) is 2.78. The molecule has 0 bridgehead atoms. The number of hydrogen-bond acceptors (Lipinski definition) is 3. The van der Waals surface area contributed by atoms with Crippen molar-refractivity contribution >= 4 is 0 Å². The quantitative estimate of drug-likeness (QED) is 0.534. The van der Waals surface area contributed by atoms with Crippen molar-refractivity contribution < 1.29 is 9.47 Å². The molecule has 1 aliphatic carbocycles. The van der Waals surface area contributed by atoms with Gasteiger partial charge in [-0.1, -0.05) is 18.6 Å². The van der Waals surface area contributed by atoms with Crippen molar-refractivity contribution in [2.75, 3.05) is 26.3 Å². The molecule has 0 aromatic carbocycles. The molecule has 0 saturated heterocycles. The topological polar surface area (TPSA) is 30.5 Å². The van der Waals surface area contributed by atoms with E-state index < -0.39 is 0 Å². The van der Waals surface area contributed by atoms with E-state index >= 15 is 0 Å². The molecule has 2 atom stereocenters. The summed E-state index contributed by atoms with van der Waals surface area (Å²) >= 11 is 0. The highest BCUT2D eigenvalue weighted by Crippen LogP contribution is 2.27. The van der Waals surface area contributed by atoms with Gasteiger partial charge in [-0.05, 0) is 52.0 Å². The van der Waals surface area contributed by atoms with Gasteiger partial charge in [0.05, 0.1) is 0 Å². The van der Waals surface area contributed by atoms with Crippen LogP contribution in [0.3, 0.4) is 0 Å². The standard InChI is InChI=1S/C15H29NO2/c1-5-17-15(18-6-2)11-16-10-14-8-12(3)7-13(4)9-14/h7,12,14-16H,5-6,8-11H2,1-4H3. The first kappa shape index (κ1) is 15.7. The Kier molecular flexibility index (Phi) is 7.56. The summed E-state index contributed by atoms with van der Waals surface area (Å²) in [5.41, 5.74) is 1.53. The van der Waals surface area contributed by atoms with Crippen molar-refractivity contribution in [1.29, 1.82) is 0 Å². The highest BCUT2D eigenvalue weighted by Gasteiger charge is 2.18. The zero-order valence-corrected chi connectivity index (χ0v) is 12.4. The first-order valence-electron chi connectivity index (χ1n) is 7.26. The predicted octanol–water partition coefficient (Wildman–Crippen LogP) is 2.97. The van der Waals surface area contributed by atoms with E-state index in [0.717, 1.165) is 24.9 Å². The van der Waals surface area contributed by atoms with Crippen molar-refractivity contribution in [3.8, 4) is 0 Å². The zero-order chi connectivity index (χ0) is 13.4. The van der Waals surface area contributed by atoms with Crippen LogP contribution in [0.25, 0.3) is 0 Å². The highest BCUT2D eigenvalue weighted by molar-refractivity contribution is 5.06. The SMILES string of the molecule is CCOC(CNCC1CC(C)=CC(C)C1)OCC. The van der Waals surface area contributed by atoms with Gasteiger partial charge in [0.2, 0.25) is 0 Å². The molecule has 106 valence electrons. The summed E-state index contributed by atoms with van der Waals surface area (Å²) in [6.07, 6.45) is 4.82. The van der Waals surface area contributed by atoms with Crippen LogP contribution in [0.2, 0.25) is 0 Å². The number of allylic oxidation sites excluding steroid dienone is 2. The molecule has 1 aliphatic rings. The van der Waals surface area contributed by atoms with Crippen LogP contribution in [0.4, 0.5) is 0 Å². The summed E-state index contributed by atoms with van der Waals surface area (Å²) in [5.74, 6) is 1.48. The average Bonchev–Trinajstić information content (AvgIpc) is 2.28. The second-order valence-corrected chi connectivity index (χ2v) is 5.29. The summed E-state index contributed by atoms with van der Waals surface area (Å²) in [6, 6.07) is 0. The summed E-state index contributed by atoms with van der Waals surface area (Å²) in [7, 11) is 0. The largest absolute Gasteiger partial charge is 0.352 e. The van der Waals surface area contributed by atoms with Crippen molar-refractivity contribution in [2.45, 2.75) is 46.8 Å². The lowest BCUT2D eigenvalue weighted by Gasteiger charge is -2.26. The van der Waals surface area contributed by atoms with Gasteiger partial charge in [-0.2, -0.15) is 0 Å². The summed E-state index contributed by atoms with van der Waals surface area (Å²) in [6.45, 7) is 11.8. The maximum absolute atomic E-state index is 5.52. The fourth-order valence-corrected chi connectivity index (χ4v) is 2.78. The van der Waals surface area contributed by atoms with Crippen LogP contribution in [-0.4, -0.2) is 32.6 Å². The van der Waals surface area contributed by atoms with E-state index in [4.69, 9.17) is 9.47 Å². The minimum absolute atomic E-state index is 0.0994. The Morgan fingerprint density at radius 1 is 1.33 bits per heavy atom. The van der Waals surface area contributed by atoms with Crippen molar-refractivity contribution in [1.82, 2.24) is 5.32 Å². The van der Waals surface area contributed by atoms with E-state index in [0.29, 0.717) is 13.2 Å². The van der Waals surface area contributed by atoms with Gasteiger partial charge in [-0.25, -0.2) is 0 Å². The molecule has 2 unspecified atom stereocenters. The van der Waals surface area contributed by atoms with Crippen molar-refractivity contribution in [3.05, 3.63) is 11.6 Å². The minimum atomic E-state index is -0.0994. The van der Waals surface area contributed by atoms with E-state index in [9.17, 15) is 0 Å². The second kappa shape index (κ2) is 8.68. The molecule has 18 heavy (non-hydrogen) atoms. The number of rotatable bonds is 8. The van der Waals surface area contributed by atoms with E-state index in [1.54, 1.807) is 0 Å². The first-order valence-corrected chi connectivity index (χ1v) is 7.26. The van der Waals surface area contributed by atoms with Crippen LogP contribution in [-0.2, 0) is 9.47 Å². The maximum Gasteiger partial charge on any atom is 0.169 e. The molecule has 0 aliphatic heterocycles. The summed E-state index contributed by atoms with van der Waals surface area (Å²) in [4.78, 5) is 0. The molecule has 0 saturated carbocycles. The molecule has 1 rings (SSSR count).